The van der Waals surface area contributed by atoms with E-state index in [1.165, 1.54) is 19.3 Å². The Bertz CT molecular complexity index is 471. The Morgan fingerprint density at radius 1 is 1.50 bits per heavy atom. The fourth-order valence-corrected chi connectivity index (χ4v) is 3.12. The second kappa shape index (κ2) is 5.06. The number of anilines is 1. The molecule has 1 atom stereocenters. The van der Waals surface area contributed by atoms with Gasteiger partial charge in [0.05, 0.1) is 5.02 Å². The maximum atomic E-state index is 6.16. The summed E-state index contributed by atoms with van der Waals surface area (Å²) in [6.07, 6.45) is 3.67. The monoisotopic (exact) mass is 282 g/mol. The van der Waals surface area contributed by atoms with Gasteiger partial charge in [0.25, 0.3) is 0 Å². The van der Waals surface area contributed by atoms with Crippen LogP contribution in [0.15, 0.2) is 18.2 Å². The average Bonchev–Trinajstić information content (AvgIpc) is 2.57. The number of hydrogen-bond donors (Lipinski definition) is 2. The minimum absolute atomic E-state index is 0.341. The van der Waals surface area contributed by atoms with E-state index in [1.807, 2.05) is 18.2 Å². The zero-order valence-electron chi connectivity index (χ0n) is 10.8. The van der Waals surface area contributed by atoms with E-state index in [4.69, 9.17) is 29.6 Å². The van der Waals surface area contributed by atoms with Crippen molar-refractivity contribution in [1.29, 1.82) is 0 Å². The van der Waals surface area contributed by atoms with Gasteiger partial charge in [-0.2, -0.15) is 0 Å². The van der Waals surface area contributed by atoms with Crippen LogP contribution >= 0.6 is 23.8 Å². The quantitative estimate of drug-likeness (QED) is 0.824. The molecule has 1 aromatic carbocycles. The SMILES string of the molecule is CC1(C)CCC(Nc2ccc(C(N)=S)c(Cl)c2)C1. The van der Waals surface area contributed by atoms with Gasteiger partial charge in [-0.05, 0) is 42.9 Å². The average molecular weight is 283 g/mol. The molecule has 1 fully saturated rings. The van der Waals surface area contributed by atoms with Crippen LogP contribution in [-0.2, 0) is 0 Å². The first kappa shape index (κ1) is 13.6. The lowest BCUT2D eigenvalue weighted by molar-refractivity contribution is 0.378. The van der Waals surface area contributed by atoms with Crippen molar-refractivity contribution in [2.45, 2.75) is 39.2 Å². The van der Waals surface area contributed by atoms with Crippen LogP contribution in [0.3, 0.4) is 0 Å². The molecule has 0 aromatic heterocycles. The molecule has 0 amide bonds. The van der Waals surface area contributed by atoms with Gasteiger partial charge in [0.1, 0.15) is 4.99 Å². The Balaban J connectivity index is 2.07. The lowest BCUT2D eigenvalue weighted by Gasteiger charge is -2.19. The standard InChI is InChI=1S/C14H19ClN2S/c1-14(2)6-5-10(8-14)17-9-3-4-11(13(16)18)12(15)7-9/h3-4,7,10,17H,5-6,8H2,1-2H3,(H2,16,18). The van der Waals surface area contributed by atoms with Crippen LogP contribution in [0.4, 0.5) is 5.69 Å². The Hall–Kier alpha value is -0.800. The smallest absolute Gasteiger partial charge is 0.105 e. The van der Waals surface area contributed by atoms with Gasteiger partial charge in [-0.1, -0.05) is 37.7 Å². The number of nitrogens with two attached hydrogens (primary N) is 1. The maximum Gasteiger partial charge on any atom is 0.105 e. The normalized spacial score (nSPS) is 21.8. The minimum atomic E-state index is 0.341. The topological polar surface area (TPSA) is 38.0 Å². The second-order valence-corrected chi connectivity index (χ2v) is 6.65. The number of benzene rings is 1. The van der Waals surface area contributed by atoms with Crippen LogP contribution in [0.2, 0.25) is 5.02 Å². The number of hydrogen-bond acceptors (Lipinski definition) is 2. The van der Waals surface area contributed by atoms with Crippen molar-refractivity contribution in [1.82, 2.24) is 0 Å². The Morgan fingerprint density at radius 3 is 2.72 bits per heavy atom. The number of rotatable bonds is 3. The molecule has 0 spiro atoms. The highest BCUT2D eigenvalue weighted by Gasteiger charge is 2.30. The van der Waals surface area contributed by atoms with Crippen LogP contribution in [0.25, 0.3) is 0 Å². The predicted octanol–water partition coefficient (Wildman–Crippen LogP) is 3.96. The van der Waals surface area contributed by atoms with Gasteiger partial charge in [-0.15, -0.1) is 0 Å². The van der Waals surface area contributed by atoms with Crippen LogP contribution in [0.1, 0.15) is 38.7 Å². The van der Waals surface area contributed by atoms with E-state index < -0.39 is 0 Å². The van der Waals surface area contributed by atoms with E-state index in [0.29, 0.717) is 21.5 Å². The molecular formula is C14H19ClN2S. The number of halogens is 1. The van der Waals surface area contributed by atoms with Crippen molar-refractivity contribution < 1.29 is 0 Å². The number of nitrogens with one attached hydrogen (secondary N) is 1. The summed E-state index contributed by atoms with van der Waals surface area (Å²) >= 11 is 11.1. The molecular weight excluding hydrogens is 264 g/mol. The zero-order chi connectivity index (χ0) is 13.3. The third-order valence-electron chi connectivity index (χ3n) is 3.57. The van der Waals surface area contributed by atoms with E-state index in [1.54, 1.807) is 0 Å². The third-order valence-corrected chi connectivity index (χ3v) is 4.11. The van der Waals surface area contributed by atoms with Crippen LogP contribution in [-0.4, -0.2) is 11.0 Å². The third kappa shape index (κ3) is 3.15. The zero-order valence-corrected chi connectivity index (χ0v) is 12.4. The molecule has 0 saturated heterocycles. The molecule has 98 valence electrons. The van der Waals surface area contributed by atoms with Crippen LogP contribution in [0, 0.1) is 5.41 Å². The predicted molar refractivity (Wildman–Crippen MR) is 82.4 cm³/mol. The van der Waals surface area contributed by atoms with Gasteiger partial charge < -0.3 is 11.1 Å². The first-order chi connectivity index (χ1) is 8.37. The highest BCUT2D eigenvalue weighted by molar-refractivity contribution is 7.80. The molecule has 1 aliphatic carbocycles. The second-order valence-electron chi connectivity index (χ2n) is 5.81. The molecule has 3 N–H and O–H groups in total. The van der Waals surface area contributed by atoms with Gasteiger partial charge in [0, 0.05) is 17.3 Å². The Kier molecular flexibility index (Phi) is 3.83. The fraction of sp³-hybridized carbons (Fsp3) is 0.500. The van der Waals surface area contributed by atoms with E-state index in [2.05, 4.69) is 19.2 Å². The lowest BCUT2D eigenvalue weighted by atomic mass is 9.92. The molecule has 4 heteroatoms. The summed E-state index contributed by atoms with van der Waals surface area (Å²) in [5.74, 6) is 0. The fourth-order valence-electron chi connectivity index (χ4n) is 2.60. The molecule has 1 saturated carbocycles. The molecule has 0 aliphatic heterocycles. The molecule has 0 heterocycles. The largest absolute Gasteiger partial charge is 0.389 e. The van der Waals surface area contributed by atoms with Crippen molar-refractivity contribution >= 4 is 34.5 Å². The summed E-state index contributed by atoms with van der Waals surface area (Å²) in [5, 5.41) is 4.15. The summed E-state index contributed by atoms with van der Waals surface area (Å²) in [7, 11) is 0. The summed E-state index contributed by atoms with van der Waals surface area (Å²) in [5.41, 5.74) is 7.82. The van der Waals surface area contributed by atoms with Gasteiger partial charge in [0.15, 0.2) is 0 Å². The van der Waals surface area contributed by atoms with Gasteiger partial charge >= 0.3 is 0 Å². The summed E-state index contributed by atoms with van der Waals surface area (Å²) in [6.45, 7) is 4.63. The minimum Gasteiger partial charge on any atom is -0.389 e. The van der Waals surface area contributed by atoms with E-state index in [-0.39, 0.29) is 0 Å². The van der Waals surface area contributed by atoms with Crippen LogP contribution in [0.5, 0.6) is 0 Å². The van der Waals surface area contributed by atoms with Crippen molar-refractivity contribution in [3.63, 3.8) is 0 Å². The summed E-state index contributed by atoms with van der Waals surface area (Å²) < 4.78 is 0. The van der Waals surface area contributed by atoms with Gasteiger partial charge in [0.2, 0.25) is 0 Å². The summed E-state index contributed by atoms with van der Waals surface area (Å²) in [6, 6.07) is 6.31. The van der Waals surface area contributed by atoms with Crippen LogP contribution < -0.4 is 11.1 Å². The molecule has 18 heavy (non-hydrogen) atoms. The van der Waals surface area contributed by atoms with Crippen molar-refractivity contribution in [3.8, 4) is 0 Å². The maximum absolute atomic E-state index is 6.16. The van der Waals surface area contributed by atoms with Gasteiger partial charge in [-0.25, -0.2) is 0 Å². The first-order valence-corrected chi connectivity index (χ1v) is 7.02. The molecule has 1 aliphatic rings. The molecule has 2 rings (SSSR count). The highest BCUT2D eigenvalue weighted by Crippen LogP contribution is 2.38. The Morgan fingerprint density at radius 2 is 2.22 bits per heavy atom. The molecule has 0 bridgehead atoms. The van der Waals surface area contributed by atoms with Crippen molar-refractivity contribution in [2.75, 3.05) is 5.32 Å². The van der Waals surface area contributed by atoms with E-state index in [9.17, 15) is 0 Å². The molecule has 0 radical (unpaired) electrons. The highest BCUT2D eigenvalue weighted by atomic mass is 35.5. The molecule has 2 nitrogen and oxygen atoms in total. The molecule has 1 aromatic rings. The lowest BCUT2D eigenvalue weighted by Crippen LogP contribution is -2.18. The van der Waals surface area contributed by atoms with Crippen molar-refractivity contribution in [2.24, 2.45) is 11.1 Å². The first-order valence-electron chi connectivity index (χ1n) is 6.23. The summed E-state index contributed by atoms with van der Waals surface area (Å²) in [4.78, 5) is 0.341. The van der Waals surface area contributed by atoms with E-state index >= 15 is 0 Å². The van der Waals surface area contributed by atoms with Crippen molar-refractivity contribution in [3.05, 3.63) is 28.8 Å². The number of thiocarbonyl (C=S) groups is 1. The molecule has 1 unspecified atom stereocenters. The van der Waals surface area contributed by atoms with E-state index in [0.717, 1.165) is 11.3 Å². The Labute approximate surface area is 119 Å². The van der Waals surface area contributed by atoms with Gasteiger partial charge in [-0.3, -0.25) is 0 Å².